The van der Waals surface area contributed by atoms with Gasteiger partial charge in [-0.1, -0.05) is 6.92 Å². The zero-order valence-electron chi connectivity index (χ0n) is 6.89. The molecule has 60 valence electrons. The molecule has 0 aliphatic heterocycles. The molecular formula is C7H15NO2. The largest absolute Gasteiger partial charge is 0.468 e. The van der Waals surface area contributed by atoms with Crippen LogP contribution in [0.4, 0.5) is 0 Å². The van der Waals surface area contributed by atoms with Crippen LogP contribution >= 0.6 is 0 Å². The van der Waals surface area contributed by atoms with Crippen LogP contribution in [0.2, 0.25) is 0 Å². The van der Waals surface area contributed by atoms with Gasteiger partial charge in [0.25, 0.3) is 0 Å². The van der Waals surface area contributed by atoms with E-state index in [0.29, 0.717) is 6.54 Å². The van der Waals surface area contributed by atoms with Crippen LogP contribution in [0.25, 0.3) is 0 Å². The smallest absolute Gasteiger partial charge is 0.319 e. The molecule has 0 spiro atoms. The zero-order valence-corrected chi connectivity index (χ0v) is 6.89. The molecule has 0 radical (unpaired) electrons. The lowest BCUT2D eigenvalue weighted by molar-refractivity contribution is -0.141. The molecule has 3 nitrogen and oxygen atoms in total. The summed E-state index contributed by atoms with van der Waals surface area (Å²) in [4.78, 5) is 12.6. The van der Waals surface area contributed by atoms with Crippen molar-refractivity contribution < 1.29 is 9.53 Å². The molecular weight excluding hydrogens is 130 g/mol. The maximum absolute atomic E-state index is 10.6. The summed E-state index contributed by atoms with van der Waals surface area (Å²) in [6.45, 7) is 3.41. The van der Waals surface area contributed by atoms with Gasteiger partial charge in [0, 0.05) is 0 Å². The van der Waals surface area contributed by atoms with Crippen LogP contribution in [0.3, 0.4) is 0 Å². The van der Waals surface area contributed by atoms with Crippen LogP contribution < -0.4 is 0 Å². The van der Waals surface area contributed by atoms with Crippen molar-refractivity contribution in [2.75, 3.05) is 27.2 Å². The number of methoxy groups -OCH3 is 1. The van der Waals surface area contributed by atoms with E-state index >= 15 is 0 Å². The first-order valence-electron chi connectivity index (χ1n) is 3.46. The summed E-state index contributed by atoms with van der Waals surface area (Å²) in [6, 6.07) is 0. The second-order valence-corrected chi connectivity index (χ2v) is 2.31. The Morgan fingerprint density at radius 1 is 1.60 bits per heavy atom. The fourth-order valence-electron chi connectivity index (χ4n) is 0.746. The van der Waals surface area contributed by atoms with Gasteiger partial charge in [-0.2, -0.15) is 0 Å². The van der Waals surface area contributed by atoms with Crippen LogP contribution in [-0.4, -0.2) is 38.1 Å². The summed E-state index contributed by atoms with van der Waals surface area (Å²) < 4.78 is 4.49. The summed E-state index contributed by atoms with van der Waals surface area (Å²) in [5, 5.41) is 0. The molecule has 0 bridgehead atoms. The van der Waals surface area contributed by atoms with Gasteiger partial charge in [0.1, 0.15) is 0 Å². The van der Waals surface area contributed by atoms with Gasteiger partial charge in [0.15, 0.2) is 0 Å². The SMILES string of the molecule is CCCN(C)CC(=O)OC. The molecule has 3 heteroatoms. The maximum atomic E-state index is 10.6. The van der Waals surface area contributed by atoms with Crippen molar-refractivity contribution in [3.8, 4) is 0 Å². The van der Waals surface area contributed by atoms with E-state index in [9.17, 15) is 4.79 Å². The van der Waals surface area contributed by atoms with Gasteiger partial charge >= 0.3 is 5.97 Å². The highest BCUT2D eigenvalue weighted by atomic mass is 16.5. The molecule has 0 aliphatic carbocycles. The van der Waals surface area contributed by atoms with Crippen LogP contribution in [0.5, 0.6) is 0 Å². The van der Waals surface area contributed by atoms with Crippen molar-refractivity contribution >= 4 is 5.97 Å². The van der Waals surface area contributed by atoms with E-state index in [2.05, 4.69) is 11.7 Å². The molecule has 0 heterocycles. The number of carbonyl (C=O) groups is 1. The maximum Gasteiger partial charge on any atom is 0.319 e. The lowest BCUT2D eigenvalue weighted by Gasteiger charge is -2.12. The van der Waals surface area contributed by atoms with Gasteiger partial charge in [0.2, 0.25) is 0 Å². The lowest BCUT2D eigenvalue weighted by atomic mass is 10.4. The Bertz CT molecular complexity index is 104. The van der Waals surface area contributed by atoms with Crippen LogP contribution in [-0.2, 0) is 9.53 Å². The Balaban J connectivity index is 3.37. The predicted octanol–water partition coefficient (Wildman–Crippen LogP) is 0.501. The molecule has 0 amide bonds. The number of nitrogens with zero attached hydrogens (tertiary/aromatic N) is 1. The molecule has 0 aliphatic rings. The van der Waals surface area contributed by atoms with Crippen molar-refractivity contribution in [3.63, 3.8) is 0 Å². The van der Waals surface area contributed by atoms with Gasteiger partial charge in [-0.15, -0.1) is 0 Å². The minimum Gasteiger partial charge on any atom is -0.468 e. The first kappa shape index (κ1) is 9.43. The molecule has 0 aromatic rings. The van der Waals surface area contributed by atoms with E-state index in [1.807, 2.05) is 11.9 Å². The Kier molecular flexibility index (Phi) is 4.94. The van der Waals surface area contributed by atoms with E-state index in [1.54, 1.807) is 0 Å². The molecule has 0 aromatic heterocycles. The molecule has 0 atom stereocenters. The minimum atomic E-state index is -0.170. The van der Waals surface area contributed by atoms with E-state index in [0.717, 1.165) is 13.0 Å². The van der Waals surface area contributed by atoms with Gasteiger partial charge in [-0.25, -0.2) is 0 Å². The summed E-state index contributed by atoms with van der Waals surface area (Å²) in [5.74, 6) is -0.170. The second-order valence-electron chi connectivity index (χ2n) is 2.31. The normalized spacial score (nSPS) is 10.0. The topological polar surface area (TPSA) is 29.5 Å². The highest BCUT2D eigenvalue weighted by molar-refractivity contribution is 5.71. The molecule has 0 fully saturated rings. The Morgan fingerprint density at radius 3 is 2.60 bits per heavy atom. The van der Waals surface area contributed by atoms with Crippen molar-refractivity contribution in [2.24, 2.45) is 0 Å². The number of rotatable bonds is 4. The van der Waals surface area contributed by atoms with Gasteiger partial charge in [-0.05, 0) is 20.0 Å². The Labute approximate surface area is 62.0 Å². The molecule has 0 saturated heterocycles. The van der Waals surface area contributed by atoms with Crippen molar-refractivity contribution in [1.29, 1.82) is 0 Å². The fourth-order valence-corrected chi connectivity index (χ4v) is 0.746. The molecule has 0 rings (SSSR count). The highest BCUT2D eigenvalue weighted by Crippen LogP contribution is 1.86. The number of esters is 1. The average molecular weight is 145 g/mol. The van der Waals surface area contributed by atoms with Crippen LogP contribution in [0.1, 0.15) is 13.3 Å². The second kappa shape index (κ2) is 5.23. The molecule has 0 unspecified atom stereocenters. The summed E-state index contributed by atoms with van der Waals surface area (Å²) in [5.41, 5.74) is 0. The fraction of sp³-hybridized carbons (Fsp3) is 0.857. The molecule has 0 saturated carbocycles. The lowest BCUT2D eigenvalue weighted by Crippen LogP contribution is -2.27. The predicted molar refractivity (Wildman–Crippen MR) is 39.8 cm³/mol. The number of hydrogen-bond donors (Lipinski definition) is 0. The Hall–Kier alpha value is -0.570. The number of ether oxygens (including phenoxy) is 1. The quantitative estimate of drug-likeness (QED) is 0.539. The van der Waals surface area contributed by atoms with Gasteiger partial charge < -0.3 is 4.74 Å². The van der Waals surface area contributed by atoms with Gasteiger partial charge in [-0.3, -0.25) is 9.69 Å². The summed E-state index contributed by atoms with van der Waals surface area (Å²) >= 11 is 0. The standard InChI is InChI=1S/C7H15NO2/c1-4-5-8(2)6-7(9)10-3/h4-6H2,1-3H3. The number of likely N-dealkylation sites (N-methyl/N-ethyl adjacent to an activating group) is 1. The third kappa shape index (κ3) is 4.32. The molecule has 10 heavy (non-hydrogen) atoms. The van der Waals surface area contributed by atoms with Gasteiger partial charge in [0.05, 0.1) is 13.7 Å². The van der Waals surface area contributed by atoms with Crippen molar-refractivity contribution in [3.05, 3.63) is 0 Å². The Morgan fingerprint density at radius 2 is 2.20 bits per heavy atom. The number of hydrogen-bond acceptors (Lipinski definition) is 3. The van der Waals surface area contributed by atoms with E-state index in [4.69, 9.17) is 0 Å². The first-order valence-corrected chi connectivity index (χ1v) is 3.46. The van der Waals surface area contributed by atoms with Crippen LogP contribution in [0, 0.1) is 0 Å². The van der Waals surface area contributed by atoms with E-state index in [1.165, 1.54) is 7.11 Å². The summed E-state index contributed by atoms with van der Waals surface area (Å²) in [6.07, 6.45) is 1.06. The molecule has 0 N–H and O–H groups in total. The summed E-state index contributed by atoms with van der Waals surface area (Å²) in [7, 11) is 3.31. The average Bonchev–Trinajstić information content (AvgIpc) is 1.88. The zero-order chi connectivity index (χ0) is 7.98. The first-order chi connectivity index (χ1) is 4.70. The van der Waals surface area contributed by atoms with E-state index < -0.39 is 0 Å². The third-order valence-electron chi connectivity index (χ3n) is 1.23. The molecule has 0 aromatic carbocycles. The monoisotopic (exact) mass is 145 g/mol. The van der Waals surface area contributed by atoms with Crippen LogP contribution in [0.15, 0.2) is 0 Å². The minimum absolute atomic E-state index is 0.170. The highest BCUT2D eigenvalue weighted by Gasteiger charge is 2.03. The van der Waals surface area contributed by atoms with Crippen molar-refractivity contribution in [2.45, 2.75) is 13.3 Å². The van der Waals surface area contributed by atoms with E-state index in [-0.39, 0.29) is 5.97 Å². The van der Waals surface area contributed by atoms with Crippen molar-refractivity contribution in [1.82, 2.24) is 4.90 Å². The third-order valence-corrected chi connectivity index (χ3v) is 1.23. The number of carbonyl (C=O) groups excluding carboxylic acids is 1.